The number of aryl methyl sites for hydroxylation is 1. The van der Waals surface area contributed by atoms with Crippen LogP contribution in [-0.2, 0) is 6.42 Å². The molecule has 1 N–H and O–H groups in total. The van der Waals surface area contributed by atoms with Gasteiger partial charge in [0, 0.05) is 6.42 Å². The van der Waals surface area contributed by atoms with Crippen LogP contribution in [0.4, 0.5) is 0 Å². The first-order valence-corrected chi connectivity index (χ1v) is 5.46. The van der Waals surface area contributed by atoms with Gasteiger partial charge in [0.1, 0.15) is 0 Å². The van der Waals surface area contributed by atoms with Gasteiger partial charge in [-0.3, -0.25) is 0 Å². The molecule has 0 radical (unpaired) electrons. The molecule has 78 valence electrons. The Hall–Kier alpha value is -0.900. The van der Waals surface area contributed by atoms with Gasteiger partial charge in [-0.05, 0) is 19.4 Å². The minimum absolute atomic E-state index is 0.307. The lowest BCUT2D eigenvalue weighted by Gasteiger charge is -2.09. The zero-order chi connectivity index (χ0) is 9.80. The van der Waals surface area contributed by atoms with Crippen molar-refractivity contribution in [3.8, 4) is 0 Å². The number of hydrogen-bond donors (Lipinski definition) is 1. The molecule has 1 aromatic heterocycles. The van der Waals surface area contributed by atoms with E-state index in [1.807, 2.05) is 6.92 Å². The Morgan fingerprint density at radius 1 is 1.43 bits per heavy atom. The van der Waals surface area contributed by atoms with Gasteiger partial charge in [-0.2, -0.15) is 4.98 Å². The Morgan fingerprint density at radius 2 is 2.36 bits per heavy atom. The smallest absolute Gasteiger partial charge is 0.226 e. The van der Waals surface area contributed by atoms with Crippen LogP contribution >= 0.6 is 0 Å². The van der Waals surface area contributed by atoms with E-state index in [2.05, 4.69) is 15.5 Å². The lowest BCUT2D eigenvalue weighted by Crippen LogP contribution is -2.21. The minimum atomic E-state index is 0.307. The second kappa shape index (κ2) is 4.55. The zero-order valence-corrected chi connectivity index (χ0v) is 8.62. The van der Waals surface area contributed by atoms with E-state index in [1.165, 1.54) is 19.3 Å². The molecule has 0 aliphatic carbocycles. The zero-order valence-electron chi connectivity index (χ0n) is 8.62. The fraction of sp³-hybridized carbons (Fsp3) is 0.800. The van der Waals surface area contributed by atoms with Gasteiger partial charge in [-0.15, -0.1) is 0 Å². The van der Waals surface area contributed by atoms with Crippen LogP contribution in [-0.4, -0.2) is 16.7 Å². The van der Waals surface area contributed by atoms with Crippen LogP contribution in [0.15, 0.2) is 4.52 Å². The van der Waals surface area contributed by atoms with Crippen molar-refractivity contribution in [1.82, 2.24) is 15.5 Å². The summed E-state index contributed by atoms with van der Waals surface area (Å²) in [6, 6.07) is 0.307. The van der Waals surface area contributed by atoms with Crippen molar-refractivity contribution in [3.63, 3.8) is 0 Å². The largest absolute Gasteiger partial charge is 0.339 e. The van der Waals surface area contributed by atoms with Gasteiger partial charge in [-0.1, -0.05) is 24.9 Å². The summed E-state index contributed by atoms with van der Waals surface area (Å²) in [6.45, 7) is 3.10. The molecule has 0 amide bonds. The molecule has 1 aliphatic heterocycles. The van der Waals surface area contributed by atoms with Crippen LogP contribution in [0.1, 0.15) is 50.4 Å². The van der Waals surface area contributed by atoms with Gasteiger partial charge in [0.25, 0.3) is 0 Å². The molecule has 2 heterocycles. The second-order valence-corrected chi connectivity index (χ2v) is 3.76. The fourth-order valence-corrected chi connectivity index (χ4v) is 1.80. The molecule has 2 rings (SSSR count). The maximum Gasteiger partial charge on any atom is 0.226 e. The molecular weight excluding hydrogens is 178 g/mol. The van der Waals surface area contributed by atoms with E-state index in [9.17, 15) is 0 Å². The topological polar surface area (TPSA) is 51.0 Å². The third-order valence-corrected chi connectivity index (χ3v) is 2.66. The van der Waals surface area contributed by atoms with Crippen molar-refractivity contribution in [2.45, 2.75) is 45.1 Å². The Labute approximate surface area is 84.1 Å². The van der Waals surface area contributed by atoms with Gasteiger partial charge >= 0.3 is 0 Å². The van der Waals surface area contributed by atoms with Crippen molar-refractivity contribution >= 4 is 0 Å². The summed E-state index contributed by atoms with van der Waals surface area (Å²) in [5.41, 5.74) is 0. The molecule has 1 aliphatic rings. The molecule has 0 saturated carbocycles. The molecule has 1 fully saturated rings. The SMILES string of the molecule is CCc1nc([C@@H]2CCCCCN2)no1. The van der Waals surface area contributed by atoms with Crippen LogP contribution in [0, 0.1) is 0 Å². The van der Waals surface area contributed by atoms with Crippen LogP contribution in [0.5, 0.6) is 0 Å². The van der Waals surface area contributed by atoms with E-state index in [0.717, 1.165) is 31.1 Å². The van der Waals surface area contributed by atoms with Gasteiger partial charge in [-0.25, -0.2) is 0 Å². The summed E-state index contributed by atoms with van der Waals surface area (Å²) >= 11 is 0. The van der Waals surface area contributed by atoms with Gasteiger partial charge in [0.2, 0.25) is 5.89 Å². The Morgan fingerprint density at radius 3 is 3.14 bits per heavy atom. The summed E-state index contributed by atoms with van der Waals surface area (Å²) in [5, 5.41) is 7.45. The lowest BCUT2D eigenvalue weighted by atomic mass is 10.1. The summed E-state index contributed by atoms with van der Waals surface area (Å²) in [7, 11) is 0. The average Bonchev–Trinajstić information content (AvgIpc) is 2.53. The highest BCUT2D eigenvalue weighted by Crippen LogP contribution is 2.20. The molecule has 0 aromatic carbocycles. The highest BCUT2D eigenvalue weighted by Gasteiger charge is 2.18. The van der Waals surface area contributed by atoms with E-state index >= 15 is 0 Å². The van der Waals surface area contributed by atoms with E-state index in [4.69, 9.17) is 4.52 Å². The first-order valence-electron chi connectivity index (χ1n) is 5.46. The minimum Gasteiger partial charge on any atom is -0.339 e. The van der Waals surface area contributed by atoms with Crippen molar-refractivity contribution in [2.24, 2.45) is 0 Å². The Bertz CT molecular complexity index is 277. The van der Waals surface area contributed by atoms with Gasteiger partial charge in [0.05, 0.1) is 6.04 Å². The first kappa shape index (κ1) is 9.65. The molecule has 4 nitrogen and oxygen atoms in total. The molecule has 0 unspecified atom stereocenters. The maximum atomic E-state index is 5.11. The monoisotopic (exact) mass is 195 g/mol. The number of rotatable bonds is 2. The lowest BCUT2D eigenvalue weighted by molar-refractivity contribution is 0.367. The van der Waals surface area contributed by atoms with Crippen molar-refractivity contribution < 1.29 is 4.52 Å². The predicted octanol–water partition coefficient (Wildman–Crippen LogP) is 1.84. The summed E-state index contributed by atoms with van der Waals surface area (Å²) in [5.74, 6) is 1.58. The van der Waals surface area contributed by atoms with E-state index < -0.39 is 0 Å². The highest BCUT2D eigenvalue weighted by atomic mass is 16.5. The number of hydrogen-bond acceptors (Lipinski definition) is 4. The predicted molar refractivity (Wildman–Crippen MR) is 52.9 cm³/mol. The molecule has 1 atom stereocenters. The quantitative estimate of drug-likeness (QED) is 0.782. The maximum absolute atomic E-state index is 5.11. The molecule has 0 spiro atoms. The standard InChI is InChI=1S/C10H17N3O/c1-2-9-12-10(13-14-9)8-6-4-3-5-7-11-8/h8,11H,2-7H2,1H3/t8-/m0/s1. The summed E-state index contributed by atoms with van der Waals surface area (Å²) < 4.78 is 5.11. The molecule has 1 saturated heterocycles. The third-order valence-electron chi connectivity index (χ3n) is 2.66. The molecular formula is C10H17N3O. The third kappa shape index (κ3) is 2.12. The van der Waals surface area contributed by atoms with Crippen LogP contribution in [0.2, 0.25) is 0 Å². The van der Waals surface area contributed by atoms with Crippen molar-refractivity contribution in [3.05, 3.63) is 11.7 Å². The van der Waals surface area contributed by atoms with Crippen molar-refractivity contribution in [2.75, 3.05) is 6.54 Å². The van der Waals surface area contributed by atoms with Crippen LogP contribution in [0.25, 0.3) is 0 Å². The summed E-state index contributed by atoms with van der Waals surface area (Å²) in [6.07, 6.45) is 5.77. The highest BCUT2D eigenvalue weighted by molar-refractivity contribution is 4.94. The van der Waals surface area contributed by atoms with Crippen LogP contribution in [0.3, 0.4) is 0 Å². The van der Waals surface area contributed by atoms with Crippen molar-refractivity contribution in [1.29, 1.82) is 0 Å². The molecule has 1 aromatic rings. The first-order chi connectivity index (χ1) is 6.90. The average molecular weight is 195 g/mol. The Balaban J connectivity index is 2.04. The Kier molecular flexibility index (Phi) is 3.14. The number of nitrogens with one attached hydrogen (secondary N) is 1. The van der Waals surface area contributed by atoms with Gasteiger partial charge < -0.3 is 9.84 Å². The number of aromatic nitrogens is 2. The molecule has 4 heteroatoms. The number of nitrogens with zero attached hydrogens (tertiary/aromatic N) is 2. The second-order valence-electron chi connectivity index (χ2n) is 3.76. The van der Waals surface area contributed by atoms with E-state index in [-0.39, 0.29) is 0 Å². The molecule has 14 heavy (non-hydrogen) atoms. The normalized spacial score (nSPS) is 23.4. The molecule has 0 bridgehead atoms. The van der Waals surface area contributed by atoms with E-state index in [0.29, 0.717) is 6.04 Å². The van der Waals surface area contributed by atoms with Gasteiger partial charge in [0.15, 0.2) is 5.82 Å². The van der Waals surface area contributed by atoms with Crippen LogP contribution < -0.4 is 5.32 Å². The van der Waals surface area contributed by atoms with E-state index in [1.54, 1.807) is 0 Å². The summed E-state index contributed by atoms with van der Waals surface area (Å²) in [4.78, 5) is 4.35. The fourth-order valence-electron chi connectivity index (χ4n) is 1.80.